The lowest BCUT2D eigenvalue weighted by molar-refractivity contribution is -0.139. The second-order valence-corrected chi connectivity index (χ2v) is 9.76. The van der Waals surface area contributed by atoms with Crippen LogP contribution in [-0.4, -0.2) is 48.6 Å². The van der Waals surface area contributed by atoms with Crippen LogP contribution in [0.1, 0.15) is 61.0 Å². The Balaban J connectivity index is 1.37. The van der Waals surface area contributed by atoms with Crippen molar-refractivity contribution < 1.29 is 14.3 Å². The van der Waals surface area contributed by atoms with Gasteiger partial charge in [0.25, 0.3) is 5.91 Å². The summed E-state index contributed by atoms with van der Waals surface area (Å²) in [6.45, 7) is 4.10. The summed E-state index contributed by atoms with van der Waals surface area (Å²) < 4.78 is 5.80. The van der Waals surface area contributed by atoms with Gasteiger partial charge in [0.15, 0.2) is 0 Å². The normalized spacial score (nSPS) is 27.9. The molecule has 0 bridgehead atoms. The number of anilines is 1. The summed E-state index contributed by atoms with van der Waals surface area (Å²) >= 11 is 0. The molecule has 1 saturated heterocycles. The largest absolute Gasteiger partial charge is 0.380 e. The number of amides is 2. The third-order valence-corrected chi connectivity index (χ3v) is 7.80. The summed E-state index contributed by atoms with van der Waals surface area (Å²) in [6.07, 6.45) is 4.71. The van der Waals surface area contributed by atoms with E-state index in [1.54, 1.807) is 0 Å². The SMILES string of the molecule is CCOC[C@@H]1Nc2ccccc2[C@H]2[C@@H]1CCN2C(=O)[C@H]1CCCC[C@H]1NC(=O)c1ccccc1. The smallest absolute Gasteiger partial charge is 0.251 e. The average molecular weight is 462 g/mol. The molecule has 0 unspecified atom stereocenters. The van der Waals surface area contributed by atoms with Crippen LogP contribution in [0.4, 0.5) is 5.69 Å². The highest BCUT2D eigenvalue weighted by Gasteiger charge is 2.48. The molecule has 2 fully saturated rings. The molecular formula is C28H35N3O3. The number of nitrogens with zero attached hydrogens (tertiary/aromatic N) is 1. The van der Waals surface area contributed by atoms with Gasteiger partial charge in [0.2, 0.25) is 5.91 Å². The Kier molecular flexibility index (Phi) is 6.86. The quantitative estimate of drug-likeness (QED) is 0.669. The van der Waals surface area contributed by atoms with Gasteiger partial charge in [-0.3, -0.25) is 9.59 Å². The predicted molar refractivity (Wildman–Crippen MR) is 133 cm³/mol. The molecule has 2 aromatic carbocycles. The number of carbonyl (C=O) groups is 2. The lowest BCUT2D eigenvalue weighted by Gasteiger charge is -2.41. The molecule has 2 heterocycles. The molecule has 0 aromatic heterocycles. The fraction of sp³-hybridized carbons (Fsp3) is 0.500. The molecule has 1 aliphatic carbocycles. The maximum atomic E-state index is 14.0. The highest BCUT2D eigenvalue weighted by Crippen LogP contribution is 2.47. The number of likely N-dealkylation sites (tertiary alicyclic amines) is 1. The summed E-state index contributed by atoms with van der Waals surface area (Å²) in [7, 11) is 0. The summed E-state index contributed by atoms with van der Waals surface area (Å²) in [6, 6.07) is 17.8. The summed E-state index contributed by atoms with van der Waals surface area (Å²) in [5.74, 6) is 0.255. The summed E-state index contributed by atoms with van der Waals surface area (Å²) in [5.41, 5.74) is 2.95. The first kappa shape index (κ1) is 22.9. The number of rotatable bonds is 6. The van der Waals surface area contributed by atoms with Crippen LogP contribution in [0.25, 0.3) is 0 Å². The first-order chi connectivity index (χ1) is 16.7. The molecule has 5 rings (SSSR count). The van der Waals surface area contributed by atoms with Crippen molar-refractivity contribution in [3.05, 3.63) is 65.7 Å². The van der Waals surface area contributed by atoms with E-state index < -0.39 is 0 Å². The number of hydrogen-bond acceptors (Lipinski definition) is 4. The van der Waals surface area contributed by atoms with Crippen LogP contribution >= 0.6 is 0 Å². The van der Waals surface area contributed by atoms with Crippen molar-refractivity contribution in [1.29, 1.82) is 0 Å². The number of carbonyl (C=O) groups excluding carboxylic acids is 2. The molecule has 2 amide bonds. The molecule has 2 aromatic rings. The molecular weight excluding hydrogens is 426 g/mol. The minimum absolute atomic E-state index is 0.0582. The first-order valence-corrected chi connectivity index (χ1v) is 12.8. The lowest BCUT2D eigenvalue weighted by Crippen LogP contribution is -2.50. The van der Waals surface area contributed by atoms with E-state index in [-0.39, 0.29) is 35.9 Å². The molecule has 180 valence electrons. The molecule has 0 spiro atoms. The van der Waals surface area contributed by atoms with E-state index in [0.29, 0.717) is 24.7 Å². The number of nitrogens with one attached hydrogen (secondary N) is 2. The first-order valence-electron chi connectivity index (χ1n) is 12.8. The number of ether oxygens (including phenoxy) is 1. The maximum Gasteiger partial charge on any atom is 0.251 e. The van der Waals surface area contributed by atoms with Crippen LogP contribution in [-0.2, 0) is 9.53 Å². The molecule has 2 N–H and O–H groups in total. The van der Waals surface area contributed by atoms with E-state index in [2.05, 4.69) is 33.7 Å². The van der Waals surface area contributed by atoms with Crippen molar-refractivity contribution in [1.82, 2.24) is 10.2 Å². The van der Waals surface area contributed by atoms with Crippen LogP contribution in [0.15, 0.2) is 54.6 Å². The summed E-state index contributed by atoms with van der Waals surface area (Å²) in [5, 5.41) is 6.87. The molecule has 0 radical (unpaired) electrons. The Morgan fingerprint density at radius 3 is 2.62 bits per heavy atom. The zero-order valence-corrected chi connectivity index (χ0v) is 19.9. The van der Waals surface area contributed by atoms with Gasteiger partial charge in [-0.1, -0.05) is 49.2 Å². The number of benzene rings is 2. The Morgan fingerprint density at radius 2 is 1.79 bits per heavy atom. The van der Waals surface area contributed by atoms with Gasteiger partial charge < -0.3 is 20.3 Å². The van der Waals surface area contributed by atoms with Crippen molar-refractivity contribution in [3.8, 4) is 0 Å². The molecule has 1 saturated carbocycles. The van der Waals surface area contributed by atoms with Crippen molar-refractivity contribution >= 4 is 17.5 Å². The maximum absolute atomic E-state index is 14.0. The Hall–Kier alpha value is -2.86. The fourth-order valence-corrected chi connectivity index (χ4v) is 6.14. The van der Waals surface area contributed by atoms with Gasteiger partial charge in [0, 0.05) is 36.4 Å². The fourth-order valence-electron chi connectivity index (χ4n) is 6.14. The van der Waals surface area contributed by atoms with Gasteiger partial charge in [-0.15, -0.1) is 0 Å². The van der Waals surface area contributed by atoms with Crippen LogP contribution in [0.2, 0.25) is 0 Å². The number of hydrogen-bond donors (Lipinski definition) is 2. The van der Waals surface area contributed by atoms with Gasteiger partial charge in [0.05, 0.1) is 24.6 Å². The van der Waals surface area contributed by atoms with Crippen molar-refractivity contribution in [2.45, 2.75) is 57.2 Å². The molecule has 5 atom stereocenters. The van der Waals surface area contributed by atoms with Gasteiger partial charge in [-0.2, -0.15) is 0 Å². The minimum Gasteiger partial charge on any atom is -0.380 e. The average Bonchev–Trinajstić information content (AvgIpc) is 3.33. The second kappa shape index (κ2) is 10.2. The molecule has 3 aliphatic rings. The van der Waals surface area contributed by atoms with Crippen LogP contribution in [0, 0.1) is 11.8 Å². The van der Waals surface area contributed by atoms with Crippen LogP contribution < -0.4 is 10.6 Å². The van der Waals surface area contributed by atoms with Crippen LogP contribution in [0.3, 0.4) is 0 Å². The highest BCUT2D eigenvalue weighted by molar-refractivity contribution is 5.94. The molecule has 6 heteroatoms. The zero-order chi connectivity index (χ0) is 23.5. The minimum atomic E-state index is -0.174. The molecule has 34 heavy (non-hydrogen) atoms. The Morgan fingerprint density at radius 1 is 1.03 bits per heavy atom. The van der Waals surface area contributed by atoms with E-state index >= 15 is 0 Å². The summed E-state index contributed by atoms with van der Waals surface area (Å²) in [4.78, 5) is 29.0. The number of fused-ring (bicyclic) bond motifs is 3. The third-order valence-electron chi connectivity index (χ3n) is 7.80. The van der Waals surface area contributed by atoms with E-state index in [0.717, 1.165) is 44.3 Å². The number of para-hydroxylation sites is 1. The molecule has 6 nitrogen and oxygen atoms in total. The Bertz CT molecular complexity index is 1010. The van der Waals surface area contributed by atoms with E-state index in [1.807, 2.05) is 43.3 Å². The monoisotopic (exact) mass is 461 g/mol. The van der Waals surface area contributed by atoms with E-state index in [1.165, 1.54) is 5.56 Å². The van der Waals surface area contributed by atoms with Gasteiger partial charge in [-0.05, 0) is 49.9 Å². The van der Waals surface area contributed by atoms with Gasteiger partial charge in [0.1, 0.15) is 0 Å². The molecule has 2 aliphatic heterocycles. The highest BCUT2D eigenvalue weighted by atomic mass is 16.5. The van der Waals surface area contributed by atoms with Crippen LogP contribution in [0.5, 0.6) is 0 Å². The van der Waals surface area contributed by atoms with E-state index in [4.69, 9.17) is 4.74 Å². The van der Waals surface area contributed by atoms with E-state index in [9.17, 15) is 9.59 Å². The van der Waals surface area contributed by atoms with Crippen molar-refractivity contribution in [2.75, 3.05) is 25.1 Å². The van der Waals surface area contributed by atoms with Gasteiger partial charge >= 0.3 is 0 Å². The second-order valence-electron chi connectivity index (χ2n) is 9.76. The van der Waals surface area contributed by atoms with Crippen molar-refractivity contribution in [3.63, 3.8) is 0 Å². The topological polar surface area (TPSA) is 70.7 Å². The lowest BCUT2D eigenvalue weighted by atomic mass is 9.81. The Labute approximate surface area is 202 Å². The standard InChI is InChI=1S/C28H35N3O3/c1-2-34-18-25-21-16-17-31(26(21)20-12-6-8-14-23(20)29-25)28(33)22-13-7-9-15-24(22)30-27(32)19-10-4-3-5-11-19/h3-6,8,10-12,14,21-22,24-26,29H,2,7,9,13,15-18H2,1H3,(H,30,32)/t21-,22+,24-,25+,26+/m1/s1. The zero-order valence-electron chi connectivity index (χ0n) is 19.9. The third kappa shape index (κ3) is 4.43. The van der Waals surface area contributed by atoms with Gasteiger partial charge in [-0.25, -0.2) is 0 Å². The predicted octanol–water partition coefficient (Wildman–Crippen LogP) is 4.40. The van der Waals surface area contributed by atoms with Crippen molar-refractivity contribution in [2.24, 2.45) is 11.8 Å².